The van der Waals surface area contributed by atoms with E-state index in [4.69, 9.17) is 4.98 Å². The zero-order chi connectivity index (χ0) is 17.8. The van der Waals surface area contributed by atoms with E-state index in [-0.39, 0.29) is 0 Å². The molecule has 0 unspecified atom stereocenters. The third-order valence-electron chi connectivity index (χ3n) is 5.55. The first kappa shape index (κ1) is 17.2. The standard InChI is InChI=1S/C20H28N6/c1-17-7-9-26(10-8-17)20-22-19(15-21-23-20)25-13-11-24(12-14-25)16-18-5-3-2-4-6-18/h2-6,15,17H,7-14,16H2,1H3. The minimum absolute atomic E-state index is 0.793. The van der Waals surface area contributed by atoms with E-state index >= 15 is 0 Å². The van der Waals surface area contributed by atoms with Crippen molar-refractivity contribution >= 4 is 11.8 Å². The van der Waals surface area contributed by atoms with E-state index in [9.17, 15) is 0 Å². The molecule has 0 aliphatic carbocycles. The summed E-state index contributed by atoms with van der Waals surface area (Å²) in [6.45, 7) is 9.50. The fourth-order valence-electron chi connectivity index (χ4n) is 3.76. The van der Waals surface area contributed by atoms with Crippen molar-refractivity contribution in [2.75, 3.05) is 49.1 Å². The summed E-state index contributed by atoms with van der Waals surface area (Å²) < 4.78 is 0. The molecule has 0 radical (unpaired) electrons. The Morgan fingerprint density at radius 3 is 2.38 bits per heavy atom. The van der Waals surface area contributed by atoms with Gasteiger partial charge in [0.1, 0.15) is 0 Å². The quantitative estimate of drug-likeness (QED) is 0.842. The fourth-order valence-corrected chi connectivity index (χ4v) is 3.76. The van der Waals surface area contributed by atoms with Crippen molar-refractivity contribution in [2.24, 2.45) is 5.92 Å². The Labute approximate surface area is 155 Å². The summed E-state index contributed by atoms with van der Waals surface area (Å²) in [7, 11) is 0. The third-order valence-corrected chi connectivity index (χ3v) is 5.55. The van der Waals surface area contributed by atoms with Crippen molar-refractivity contribution in [1.29, 1.82) is 0 Å². The molecule has 26 heavy (non-hydrogen) atoms. The molecule has 2 fully saturated rings. The first-order chi connectivity index (χ1) is 12.8. The van der Waals surface area contributed by atoms with E-state index in [2.05, 4.69) is 62.2 Å². The summed E-state index contributed by atoms with van der Waals surface area (Å²) in [5.74, 6) is 2.56. The number of benzene rings is 1. The number of nitrogens with zero attached hydrogens (tertiary/aromatic N) is 6. The normalized spacial score (nSPS) is 19.7. The Morgan fingerprint density at radius 1 is 0.923 bits per heavy atom. The highest BCUT2D eigenvalue weighted by atomic mass is 15.4. The van der Waals surface area contributed by atoms with Crippen LogP contribution in [0, 0.1) is 5.92 Å². The van der Waals surface area contributed by atoms with Gasteiger partial charge in [-0.05, 0) is 24.3 Å². The summed E-state index contributed by atoms with van der Waals surface area (Å²) in [6.07, 6.45) is 4.24. The highest BCUT2D eigenvalue weighted by Crippen LogP contribution is 2.21. The Morgan fingerprint density at radius 2 is 1.65 bits per heavy atom. The van der Waals surface area contributed by atoms with Crippen LogP contribution in [-0.4, -0.2) is 59.3 Å². The van der Waals surface area contributed by atoms with E-state index < -0.39 is 0 Å². The molecule has 0 N–H and O–H groups in total. The number of rotatable bonds is 4. The lowest BCUT2D eigenvalue weighted by molar-refractivity contribution is 0.249. The van der Waals surface area contributed by atoms with Crippen LogP contribution in [0.15, 0.2) is 36.5 Å². The zero-order valence-corrected chi connectivity index (χ0v) is 15.6. The predicted molar refractivity (Wildman–Crippen MR) is 104 cm³/mol. The number of anilines is 2. The number of piperazine rings is 1. The molecule has 3 heterocycles. The van der Waals surface area contributed by atoms with Crippen molar-refractivity contribution in [2.45, 2.75) is 26.3 Å². The number of hydrogen-bond acceptors (Lipinski definition) is 6. The Kier molecular flexibility index (Phi) is 5.29. The largest absolute Gasteiger partial charge is 0.353 e. The van der Waals surface area contributed by atoms with E-state index in [1.807, 2.05) is 6.20 Å². The summed E-state index contributed by atoms with van der Waals surface area (Å²) >= 11 is 0. The molecule has 2 aromatic rings. The van der Waals surface area contributed by atoms with Crippen LogP contribution in [0.25, 0.3) is 0 Å². The van der Waals surface area contributed by atoms with Gasteiger partial charge in [0.15, 0.2) is 5.82 Å². The molecule has 2 aliphatic heterocycles. The molecule has 138 valence electrons. The van der Waals surface area contributed by atoms with E-state index in [1.165, 1.54) is 18.4 Å². The molecule has 0 atom stereocenters. The fraction of sp³-hybridized carbons (Fsp3) is 0.550. The van der Waals surface area contributed by atoms with Gasteiger partial charge in [-0.3, -0.25) is 4.90 Å². The van der Waals surface area contributed by atoms with Crippen molar-refractivity contribution in [3.05, 3.63) is 42.1 Å². The smallest absolute Gasteiger partial charge is 0.247 e. The average molecular weight is 352 g/mol. The first-order valence-corrected chi connectivity index (χ1v) is 9.74. The SMILES string of the molecule is CC1CCN(c2nncc(N3CCN(Cc4ccccc4)CC3)n2)CC1. The van der Waals surface area contributed by atoms with Gasteiger partial charge in [0.05, 0.1) is 6.20 Å². The van der Waals surface area contributed by atoms with Crippen LogP contribution in [0.3, 0.4) is 0 Å². The molecule has 6 heteroatoms. The van der Waals surface area contributed by atoms with E-state index in [0.717, 1.165) is 63.5 Å². The van der Waals surface area contributed by atoms with Crippen molar-refractivity contribution < 1.29 is 0 Å². The highest BCUT2D eigenvalue weighted by molar-refractivity contribution is 5.42. The predicted octanol–water partition coefficient (Wildman–Crippen LogP) is 2.43. The van der Waals surface area contributed by atoms with Crippen molar-refractivity contribution in [3.8, 4) is 0 Å². The van der Waals surface area contributed by atoms with Crippen LogP contribution in [0.5, 0.6) is 0 Å². The number of hydrogen-bond donors (Lipinski definition) is 0. The molecule has 6 nitrogen and oxygen atoms in total. The van der Waals surface area contributed by atoms with Gasteiger partial charge in [0.25, 0.3) is 0 Å². The minimum atomic E-state index is 0.793. The summed E-state index contributed by atoms with van der Waals surface area (Å²) in [5.41, 5.74) is 1.38. The van der Waals surface area contributed by atoms with Gasteiger partial charge >= 0.3 is 0 Å². The average Bonchev–Trinajstić information content (AvgIpc) is 2.70. The number of aromatic nitrogens is 3. The minimum Gasteiger partial charge on any atom is -0.353 e. The number of piperidine rings is 1. The molecule has 0 spiro atoms. The second kappa shape index (κ2) is 7.99. The van der Waals surface area contributed by atoms with Gasteiger partial charge in [-0.15, -0.1) is 5.10 Å². The van der Waals surface area contributed by atoms with Gasteiger partial charge in [0.2, 0.25) is 5.95 Å². The van der Waals surface area contributed by atoms with Gasteiger partial charge < -0.3 is 9.80 Å². The van der Waals surface area contributed by atoms with Crippen molar-refractivity contribution in [1.82, 2.24) is 20.1 Å². The van der Waals surface area contributed by atoms with Gasteiger partial charge in [-0.1, -0.05) is 37.3 Å². The Bertz CT molecular complexity index is 690. The van der Waals surface area contributed by atoms with E-state index in [0.29, 0.717) is 0 Å². The second-order valence-corrected chi connectivity index (χ2v) is 7.53. The molecule has 2 saturated heterocycles. The summed E-state index contributed by atoms with van der Waals surface area (Å²) in [5, 5.41) is 8.51. The maximum Gasteiger partial charge on any atom is 0.247 e. The molecule has 2 aliphatic rings. The van der Waals surface area contributed by atoms with E-state index in [1.54, 1.807) is 0 Å². The van der Waals surface area contributed by atoms with Crippen LogP contribution < -0.4 is 9.80 Å². The molecule has 0 saturated carbocycles. The highest BCUT2D eigenvalue weighted by Gasteiger charge is 2.22. The van der Waals surface area contributed by atoms with Gasteiger partial charge in [-0.25, -0.2) is 0 Å². The van der Waals surface area contributed by atoms with Crippen LogP contribution in [0.2, 0.25) is 0 Å². The third kappa shape index (κ3) is 4.12. The van der Waals surface area contributed by atoms with Crippen LogP contribution in [0.4, 0.5) is 11.8 Å². The van der Waals surface area contributed by atoms with Gasteiger partial charge in [0, 0.05) is 45.8 Å². The molecular formula is C20H28N6. The zero-order valence-electron chi connectivity index (χ0n) is 15.6. The molecule has 4 rings (SSSR count). The second-order valence-electron chi connectivity index (χ2n) is 7.53. The van der Waals surface area contributed by atoms with Crippen LogP contribution in [0.1, 0.15) is 25.3 Å². The maximum atomic E-state index is 4.81. The maximum absolute atomic E-state index is 4.81. The van der Waals surface area contributed by atoms with Crippen molar-refractivity contribution in [3.63, 3.8) is 0 Å². The summed E-state index contributed by atoms with van der Waals surface area (Å²) in [6, 6.07) is 10.7. The van der Waals surface area contributed by atoms with Crippen LogP contribution in [-0.2, 0) is 6.54 Å². The summed E-state index contributed by atoms with van der Waals surface area (Å²) in [4.78, 5) is 11.9. The Balaban J connectivity index is 1.35. The molecular weight excluding hydrogens is 324 g/mol. The molecule has 1 aromatic heterocycles. The topological polar surface area (TPSA) is 48.4 Å². The molecule has 1 aromatic carbocycles. The lowest BCUT2D eigenvalue weighted by Crippen LogP contribution is -2.46. The molecule has 0 amide bonds. The first-order valence-electron chi connectivity index (χ1n) is 9.74. The van der Waals surface area contributed by atoms with Crippen LogP contribution >= 0.6 is 0 Å². The lowest BCUT2D eigenvalue weighted by atomic mass is 10.00. The monoisotopic (exact) mass is 352 g/mol. The van der Waals surface area contributed by atoms with Gasteiger partial charge in [-0.2, -0.15) is 10.1 Å². The Hall–Kier alpha value is -2.21. The molecule has 0 bridgehead atoms. The lowest BCUT2D eigenvalue weighted by Gasteiger charge is -2.36.